The number of hydrogen-bond acceptors (Lipinski definition) is 2. The van der Waals surface area contributed by atoms with E-state index >= 15 is 0 Å². The molecule has 0 spiro atoms. The predicted octanol–water partition coefficient (Wildman–Crippen LogP) is 3.04. The molecule has 0 aromatic heterocycles. The van der Waals surface area contributed by atoms with Crippen LogP contribution in [0.3, 0.4) is 0 Å². The molecule has 0 radical (unpaired) electrons. The fourth-order valence-corrected chi connectivity index (χ4v) is 2.45. The smallest absolute Gasteiger partial charge is 0.385 e. The largest absolute Gasteiger partial charge is 0.391 e. The second-order valence-electron chi connectivity index (χ2n) is 5.12. The van der Waals surface area contributed by atoms with Gasteiger partial charge in [-0.3, -0.25) is 4.79 Å². The van der Waals surface area contributed by atoms with Gasteiger partial charge in [-0.05, 0) is 32.1 Å². The van der Waals surface area contributed by atoms with Crippen molar-refractivity contribution in [1.82, 2.24) is 5.32 Å². The van der Waals surface area contributed by atoms with Crippen LogP contribution in [0.25, 0.3) is 0 Å². The quantitative estimate of drug-likeness (QED) is 0.760. The first-order valence-corrected chi connectivity index (χ1v) is 6.78. The van der Waals surface area contributed by atoms with Crippen LogP contribution < -0.4 is 5.32 Å². The number of carbonyl (C=O) groups excluding carboxylic acids is 1. The summed E-state index contributed by atoms with van der Waals surface area (Å²) in [4.78, 5) is 11.6. The summed E-state index contributed by atoms with van der Waals surface area (Å²) in [6.07, 6.45) is -0.903. The second-order valence-corrected chi connectivity index (χ2v) is 5.12. The fourth-order valence-electron chi connectivity index (χ4n) is 2.45. The molecule has 0 aromatic rings. The van der Waals surface area contributed by atoms with E-state index in [4.69, 9.17) is 4.74 Å². The summed E-state index contributed by atoms with van der Waals surface area (Å²) in [5.74, 6) is -1.41. The summed E-state index contributed by atoms with van der Waals surface area (Å²) in [6.45, 7) is 0.604. The molecule has 2 atom stereocenters. The first kappa shape index (κ1) is 16.3. The van der Waals surface area contributed by atoms with Crippen LogP contribution in [0, 0.1) is 5.92 Å². The SMILES string of the molecule is COCCCCC(=O)N[C@H]1CCC[C@H](C(F)(F)F)C1. The molecule has 6 heteroatoms. The molecule has 1 aliphatic rings. The molecule has 0 unspecified atom stereocenters. The third kappa shape index (κ3) is 6.27. The molecular weight excluding hydrogens is 259 g/mol. The number of nitrogens with one attached hydrogen (secondary N) is 1. The van der Waals surface area contributed by atoms with Crippen molar-refractivity contribution in [1.29, 1.82) is 0 Å². The molecule has 19 heavy (non-hydrogen) atoms. The van der Waals surface area contributed by atoms with E-state index < -0.39 is 12.1 Å². The number of amides is 1. The van der Waals surface area contributed by atoms with Crippen LogP contribution in [0.2, 0.25) is 0 Å². The molecule has 0 aromatic carbocycles. The first-order chi connectivity index (χ1) is 8.93. The minimum atomic E-state index is -4.14. The Labute approximate surface area is 111 Å². The molecule has 1 fully saturated rings. The van der Waals surface area contributed by atoms with Crippen LogP contribution in [0.15, 0.2) is 0 Å². The van der Waals surface area contributed by atoms with Crippen molar-refractivity contribution in [2.75, 3.05) is 13.7 Å². The number of rotatable bonds is 6. The summed E-state index contributed by atoms with van der Waals surface area (Å²) in [5.41, 5.74) is 0. The monoisotopic (exact) mass is 281 g/mol. The minimum absolute atomic E-state index is 0.0211. The summed E-state index contributed by atoms with van der Waals surface area (Å²) in [6, 6.07) is -0.324. The maximum absolute atomic E-state index is 12.6. The molecule has 1 saturated carbocycles. The van der Waals surface area contributed by atoms with Crippen LogP contribution in [0.4, 0.5) is 13.2 Å². The van der Waals surface area contributed by atoms with Crippen LogP contribution in [-0.2, 0) is 9.53 Å². The highest BCUT2D eigenvalue weighted by Crippen LogP contribution is 2.37. The van der Waals surface area contributed by atoms with Gasteiger partial charge in [-0.15, -0.1) is 0 Å². The highest BCUT2D eigenvalue weighted by molar-refractivity contribution is 5.76. The van der Waals surface area contributed by atoms with Crippen molar-refractivity contribution in [3.05, 3.63) is 0 Å². The van der Waals surface area contributed by atoms with Crippen molar-refractivity contribution < 1.29 is 22.7 Å². The number of methoxy groups -OCH3 is 1. The van der Waals surface area contributed by atoms with E-state index in [0.717, 1.165) is 6.42 Å². The van der Waals surface area contributed by atoms with Gasteiger partial charge in [0.2, 0.25) is 5.91 Å². The van der Waals surface area contributed by atoms with Gasteiger partial charge in [0.25, 0.3) is 0 Å². The summed E-state index contributed by atoms with van der Waals surface area (Å²) >= 11 is 0. The minimum Gasteiger partial charge on any atom is -0.385 e. The van der Waals surface area contributed by atoms with Gasteiger partial charge in [0, 0.05) is 26.2 Å². The van der Waals surface area contributed by atoms with Crippen LogP contribution in [0.5, 0.6) is 0 Å². The number of alkyl halides is 3. The molecular formula is C13H22F3NO2. The lowest BCUT2D eigenvalue weighted by molar-refractivity contribution is -0.184. The maximum Gasteiger partial charge on any atom is 0.391 e. The Bertz CT molecular complexity index is 282. The predicted molar refractivity (Wildman–Crippen MR) is 65.7 cm³/mol. The van der Waals surface area contributed by atoms with Crippen molar-refractivity contribution in [3.63, 3.8) is 0 Å². The molecule has 0 saturated heterocycles. The maximum atomic E-state index is 12.6. The van der Waals surface area contributed by atoms with Gasteiger partial charge in [0.05, 0.1) is 5.92 Å². The van der Waals surface area contributed by atoms with Gasteiger partial charge >= 0.3 is 6.18 Å². The molecule has 3 nitrogen and oxygen atoms in total. The van der Waals surface area contributed by atoms with E-state index in [-0.39, 0.29) is 24.8 Å². The number of hydrogen-bond donors (Lipinski definition) is 1. The Balaban J connectivity index is 2.26. The molecule has 0 heterocycles. The van der Waals surface area contributed by atoms with Crippen LogP contribution >= 0.6 is 0 Å². The lowest BCUT2D eigenvalue weighted by atomic mass is 9.85. The highest BCUT2D eigenvalue weighted by atomic mass is 19.4. The Morgan fingerprint density at radius 3 is 2.68 bits per heavy atom. The van der Waals surface area contributed by atoms with Crippen molar-refractivity contribution >= 4 is 5.91 Å². The Morgan fingerprint density at radius 1 is 1.32 bits per heavy atom. The standard InChI is InChI=1S/C13H22F3NO2/c1-19-8-3-2-7-12(18)17-11-6-4-5-10(9-11)13(14,15)16/h10-11H,2-9H2,1H3,(H,17,18)/t10-,11-/m0/s1. The van der Waals surface area contributed by atoms with E-state index in [1.807, 2.05) is 0 Å². The Morgan fingerprint density at radius 2 is 2.05 bits per heavy atom. The normalized spacial score (nSPS) is 24.2. The molecule has 0 bridgehead atoms. The zero-order valence-corrected chi connectivity index (χ0v) is 11.3. The van der Waals surface area contributed by atoms with Crippen molar-refractivity contribution in [3.8, 4) is 0 Å². The Kier molecular flexibility index (Phi) is 6.62. The van der Waals surface area contributed by atoms with Gasteiger partial charge in [-0.1, -0.05) is 6.42 Å². The summed E-state index contributed by atoms with van der Waals surface area (Å²) in [7, 11) is 1.60. The lowest BCUT2D eigenvalue weighted by Gasteiger charge is -2.31. The van der Waals surface area contributed by atoms with Gasteiger partial charge in [-0.2, -0.15) is 13.2 Å². The molecule has 1 N–H and O–H groups in total. The van der Waals surface area contributed by atoms with Crippen molar-refractivity contribution in [2.24, 2.45) is 5.92 Å². The zero-order chi connectivity index (χ0) is 14.3. The van der Waals surface area contributed by atoms with E-state index in [2.05, 4.69) is 5.32 Å². The van der Waals surface area contributed by atoms with E-state index in [0.29, 0.717) is 32.3 Å². The average molecular weight is 281 g/mol. The van der Waals surface area contributed by atoms with Crippen LogP contribution in [0.1, 0.15) is 44.9 Å². The number of carbonyl (C=O) groups is 1. The van der Waals surface area contributed by atoms with E-state index in [9.17, 15) is 18.0 Å². The molecule has 112 valence electrons. The van der Waals surface area contributed by atoms with Gasteiger partial charge in [-0.25, -0.2) is 0 Å². The molecule has 1 aliphatic carbocycles. The highest BCUT2D eigenvalue weighted by Gasteiger charge is 2.42. The van der Waals surface area contributed by atoms with E-state index in [1.54, 1.807) is 7.11 Å². The van der Waals surface area contributed by atoms with Crippen LogP contribution in [-0.4, -0.2) is 31.8 Å². The fraction of sp³-hybridized carbons (Fsp3) is 0.923. The van der Waals surface area contributed by atoms with Gasteiger partial charge in [0.1, 0.15) is 0 Å². The summed E-state index contributed by atoms with van der Waals surface area (Å²) in [5, 5.41) is 2.72. The average Bonchev–Trinajstić information content (AvgIpc) is 2.34. The molecule has 0 aliphatic heterocycles. The molecule has 1 rings (SSSR count). The number of ether oxygens (including phenoxy) is 1. The topological polar surface area (TPSA) is 38.3 Å². The first-order valence-electron chi connectivity index (χ1n) is 6.78. The third-order valence-corrected chi connectivity index (χ3v) is 3.50. The van der Waals surface area contributed by atoms with E-state index in [1.165, 1.54) is 0 Å². The third-order valence-electron chi connectivity index (χ3n) is 3.50. The Hall–Kier alpha value is -0.780. The zero-order valence-electron chi connectivity index (χ0n) is 11.3. The van der Waals surface area contributed by atoms with Crippen molar-refractivity contribution in [2.45, 2.75) is 57.2 Å². The molecule has 1 amide bonds. The van der Waals surface area contributed by atoms with Gasteiger partial charge < -0.3 is 10.1 Å². The summed E-state index contributed by atoms with van der Waals surface area (Å²) < 4.78 is 42.7. The lowest BCUT2D eigenvalue weighted by Crippen LogP contribution is -2.41. The second kappa shape index (κ2) is 7.72. The number of halogens is 3. The van der Waals surface area contributed by atoms with Gasteiger partial charge in [0.15, 0.2) is 0 Å². The number of unbranched alkanes of at least 4 members (excludes halogenated alkanes) is 1.